The van der Waals surface area contributed by atoms with E-state index in [0.717, 1.165) is 0 Å². The standard InChI is InChI=1S/C10H18N4O/c1-10(2,15)7-14(3)6-9-12-5-4-8(11)13-9/h4-5,15H,6-7H2,1-3H3,(H2,11,12,13). The van der Waals surface area contributed by atoms with Crippen LogP contribution in [0.1, 0.15) is 19.7 Å². The van der Waals surface area contributed by atoms with E-state index in [0.29, 0.717) is 24.7 Å². The van der Waals surface area contributed by atoms with Crippen LogP contribution in [-0.4, -0.2) is 39.2 Å². The number of hydrogen-bond donors (Lipinski definition) is 2. The minimum absolute atomic E-state index is 0.469. The molecule has 0 radical (unpaired) electrons. The van der Waals surface area contributed by atoms with Crippen molar-refractivity contribution in [1.29, 1.82) is 0 Å². The summed E-state index contributed by atoms with van der Waals surface area (Å²) in [5.74, 6) is 1.14. The van der Waals surface area contributed by atoms with E-state index in [9.17, 15) is 5.11 Å². The minimum atomic E-state index is -0.713. The Morgan fingerprint density at radius 2 is 2.20 bits per heavy atom. The number of hydrogen-bond acceptors (Lipinski definition) is 5. The van der Waals surface area contributed by atoms with Crippen molar-refractivity contribution in [3.05, 3.63) is 18.1 Å². The van der Waals surface area contributed by atoms with Gasteiger partial charge in [0.25, 0.3) is 0 Å². The van der Waals surface area contributed by atoms with E-state index in [1.54, 1.807) is 26.1 Å². The zero-order valence-electron chi connectivity index (χ0n) is 9.44. The van der Waals surface area contributed by atoms with E-state index in [-0.39, 0.29) is 0 Å². The molecule has 0 aliphatic rings. The Labute approximate surface area is 90.0 Å². The summed E-state index contributed by atoms with van der Waals surface area (Å²) < 4.78 is 0. The summed E-state index contributed by atoms with van der Waals surface area (Å²) in [6.45, 7) is 4.67. The lowest BCUT2D eigenvalue weighted by molar-refractivity contribution is 0.0418. The molecule has 0 fully saturated rings. The first kappa shape index (κ1) is 11.9. The highest BCUT2D eigenvalue weighted by molar-refractivity contribution is 5.24. The zero-order valence-corrected chi connectivity index (χ0v) is 9.44. The first-order valence-electron chi connectivity index (χ1n) is 4.85. The lowest BCUT2D eigenvalue weighted by Crippen LogP contribution is -2.36. The van der Waals surface area contributed by atoms with Gasteiger partial charge in [-0.25, -0.2) is 9.97 Å². The van der Waals surface area contributed by atoms with Crippen LogP contribution in [0.25, 0.3) is 0 Å². The van der Waals surface area contributed by atoms with Gasteiger partial charge in [-0.15, -0.1) is 0 Å². The Morgan fingerprint density at radius 1 is 1.53 bits per heavy atom. The molecule has 0 aromatic carbocycles. The third-order valence-corrected chi connectivity index (χ3v) is 1.80. The molecule has 0 saturated carbocycles. The maximum atomic E-state index is 9.61. The van der Waals surface area contributed by atoms with Gasteiger partial charge in [0.2, 0.25) is 0 Å². The van der Waals surface area contributed by atoms with E-state index >= 15 is 0 Å². The van der Waals surface area contributed by atoms with Crippen LogP contribution in [0.2, 0.25) is 0 Å². The van der Waals surface area contributed by atoms with E-state index < -0.39 is 5.60 Å². The van der Waals surface area contributed by atoms with Crippen molar-refractivity contribution in [2.75, 3.05) is 19.3 Å². The van der Waals surface area contributed by atoms with Crippen molar-refractivity contribution >= 4 is 5.82 Å². The predicted octanol–water partition coefficient (Wildman–Crippen LogP) is 0.261. The number of likely N-dealkylation sites (N-methyl/N-ethyl adjacent to an activating group) is 1. The molecule has 1 aromatic rings. The molecule has 1 aromatic heterocycles. The average molecular weight is 210 g/mol. The van der Waals surface area contributed by atoms with Gasteiger partial charge in [0, 0.05) is 12.7 Å². The fourth-order valence-electron chi connectivity index (χ4n) is 1.45. The lowest BCUT2D eigenvalue weighted by atomic mass is 10.1. The predicted molar refractivity (Wildman–Crippen MR) is 59.1 cm³/mol. The number of rotatable bonds is 4. The van der Waals surface area contributed by atoms with Crippen molar-refractivity contribution in [3.63, 3.8) is 0 Å². The summed E-state index contributed by atoms with van der Waals surface area (Å²) in [5.41, 5.74) is 4.83. The second-order valence-corrected chi connectivity index (χ2v) is 4.38. The Morgan fingerprint density at radius 3 is 2.73 bits per heavy atom. The summed E-state index contributed by atoms with van der Waals surface area (Å²) >= 11 is 0. The number of nitrogens with zero attached hydrogens (tertiary/aromatic N) is 3. The molecular formula is C10H18N4O. The third-order valence-electron chi connectivity index (χ3n) is 1.80. The van der Waals surface area contributed by atoms with Gasteiger partial charge in [-0.05, 0) is 27.0 Å². The summed E-state index contributed by atoms with van der Waals surface area (Å²) in [6.07, 6.45) is 1.63. The molecule has 0 spiro atoms. The number of nitrogens with two attached hydrogens (primary N) is 1. The SMILES string of the molecule is CN(Cc1nccc(N)n1)CC(C)(C)O. The number of anilines is 1. The summed E-state index contributed by atoms with van der Waals surface area (Å²) in [5, 5.41) is 9.61. The van der Waals surface area contributed by atoms with Gasteiger partial charge in [0.1, 0.15) is 11.6 Å². The highest BCUT2D eigenvalue weighted by Crippen LogP contribution is 2.06. The quantitative estimate of drug-likeness (QED) is 0.745. The molecule has 0 aliphatic heterocycles. The topological polar surface area (TPSA) is 75.3 Å². The summed E-state index contributed by atoms with van der Waals surface area (Å²) in [4.78, 5) is 10.1. The van der Waals surface area contributed by atoms with E-state index in [1.807, 2.05) is 11.9 Å². The number of aliphatic hydroxyl groups is 1. The van der Waals surface area contributed by atoms with Crippen molar-refractivity contribution < 1.29 is 5.11 Å². The molecule has 15 heavy (non-hydrogen) atoms. The van der Waals surface area contributed by atoms with Crippen LogP contribution in [0.3, 0.4) is 0 Å². The van der Waals surface area contributed by atoms with Crippen LogP contribution in [0.5, 0.6) is 0 Å². The molecule has 1 heterocycles. The monoisotopic (exact) mass is 210 g/mol. The van der Waals surface area contributed by atoms with E-state index in [1.165, 1.54) is 0 Å². The first-order chi connectivity index (χ1) is 6.87. The molecule has 5 heteroatoms. The molecular weight excluding hydrogens is 192 g/mol. The third kappa shape index (κ3) is 4.71. The molecule has 5 nitrogen and oxygen atoms in total. The summed E-state index contributed by atoms with van der Waals surface area (Å²) in [6, 6.07) is 1.65. The molecule has 84 valence electrons. The van der Waals surface area contributed by atoms with Crippen molar-refractivity contribution in [1.82, 2.24) is 14.9 Å². The van der Waals surface area contributed by atoms with Crippen LogP contribution in [0.15, 0.2) is 12.3 Å². The second kappa shape index (κ2) is 4.55. The molecule has 1 rings (SSSR count). The van der Waals surface area contributed by atoms with Crippen molar-refractivity contribution in [2.45, 2.75) is 26.0 Å². The Balaban J connectivity index is 2.55. The van der Waals surface area contributed by atoms with Crippen LogP contribution in [0, 0.1) is 0 Å². The maximum absolute atomic E-state index is 9.61. The van der Waals surface area contributed by atoms with Gasteiger partial charge < -0.3 is 10.8 Å². The molecule has 0 saturated heterocycles. The second-order valence-electron chi connectivity index (χ2n) is 4.38. The van der Waals surface area contributed by atoms with Gasteiger partial charge >= 0.3 is 0 Å². The largest absolute Gasteiger partial charge is 0.389 e. The Kier molecular flexibility index (Phi) is 3.60. The van der Waals surface area contributed by atoms with Crippen LogP contribution < -0.4 is 5.73 Å². The van der Waals surface area contributed by atoms with Crippen molar-refractivity contribution in [3.8, 4) is 0 Å². The van der Waals surface area contributed by atoms with Crippen LogP contribution >= 0.6 is 0 Å². The van der Waals surface area contributed by atoms with Crippen molar-refractivity contribution in [2.24, 2.45) is 0 Å². The van der Waals surface area contributed by atoms with Gasteiger partial charge in [0.05, 0.1) is 12.1 Å². The molecule has 0 atom stereocenters. The summed E-state index contributed by atoms with van der Waals surface area (Å²) in [7, 11) is 1.91. The number of nitrogen functional groups attached to an aromatic ring is 1. The lowest BCUT2D eigenvalue weighted by Gasteiger charge is -2.24. The minimum Gasteiger partial charge on any atom is -0.389 e. The highest BCUT2D eigenvalue weighted by atomic mass is 16.3. The first-order valence-corrected chi connectivity index (χ1v) is 4.85. The van der Waals surface area contributed by atoms with Gasteiger partial charge in [-0.3, -0.25) is 4.90 Å². The fourth-order valence-corrected chi connectivity index (χ4v) is 1.45. The average Bonchev–Trinajstić information content (AvgIpc) is 1.99. The highest BCUT2D eigenvalue weighted by Gasteiger charge is 2.16. The fraction of sp³-hybridized carbons (Fsp3) is 0.600. The normalized spacial score (nSPS) is 12.1. The van der Waals surface area contributed by atoms with E-state index in [4.69, 9.17) is 5.73 Å². The molecule has 0 unspecified atom stereocenters. The molecule has 0 bridgehead atoms. The molecule has 0 aliphatic carbocycles. The van der Waals surface area contributed by atoms with Crippen LogP contribution in [0.4, 0.5) is 5.82 Å². The zero-order chi connectivity index (χ0) is 11.5. The number of aromatic nitrogens is 2. The smallest absolute Gasteiger partial charge is 0.144 e. The van der Waals surface area contributed by atoms with Crippen LogP contribution in [-0.2, 0) is 6.54 Å². The molecule has 0 amide bonds. The maximum Gasteiger partial charge on any atom is 0.144 e. The van der Waals surface area contributed by atoms with E-state index in [2.05, 4.69) is 9.97 Å². The molecule has 3 N–H and O–H groups in total. The Bertz CT molecular complexity index is 321. The Hall–Kier alpha value is -1.20. The van der Waals surface area contributed by atoms with Gasteiger partial charge in [-0.2, -0.15) is 0 Å². The van der Waals surface area contributed by atoms with Gasteiger partial charge in [0.15, 0.2) is 0 Å². The van der Waals surface area contributed by atoms with Gasteiger partial charge in [-0.1, -0.05) is 0 Å².